The highest BCUT2D eigenvalue weighted by Gasteiger charge is 2.38. The van der Waals surface area contributed by atoms with Gasteiger partial charge in [-0.1, -0.05) is 24.6 Å². The van der Waals surface area contributed by atoms with Crippen molar-refractivity contribution < 1.29 is 36.9 Å². The van der Waals surface area contributed by atoms with Crippen LogP contribution in [0.5, 0.6) is 5.75 Å². The molecule has 1 fully saturated rings. The van der Waals surface area contributed by atoms with Crippen LogP contribution in [0.1, 0.15) is 31.2 Å². The first kappa shape index (κ1) is 23.0. The maximum Gasteiger partial charge on any atom is 0.573 e. The molecule has 1 saturated heterocycles. The molecule has 0 spiro atoms. The van der Waals surface area contributed by atoms with Crippen molar-refractivity contribution in [3.8, 4) is 5.75 Å². The summed E-state index contributed by atoms with van der Waals surface area (Å²) in [6, 6.07) is 3.52. The topological polar surface area (TPSA) is 84.8 Å². The minimum Gasteiger partial charge on any atom is -0.447 e. The van der Waals surface area contributed by atoms with E-state index in [-0.39, 0.29) is 35.4 Å². The van der Waals surface area contributed by atoms with Crippen molar-refractivity contribution in [3.05, 3.63) is 46.6 Å². The smallest absolute Gasteiger partial charge is 0.447 e. The number of benzene rings is 1. The van der Waals surface area contributed by atoms with Crippen LogP contribution >= 0.6 is 11.6 Å². The third-order valence-corrected chi connectivity index (χ3v) is 4.86. The monoisotopic (exact) mass is 463 g/mol. The van der Waals surface area contributed by atoms with Gasteiger partial charge in [0.05, 0.1) is 6.10 Å². The van der Waals surface area contributed by atoms with Crippen molar-refractivity contribution in [3.63, 3.8) is 0 Å². The average Bonchev–Trinajstić information content (AvgIpc) is 3.01. The summed E-state index contributed by atoms with van der Waals surface area (Å²) in [7, 11) is 0. The molecule has 1 N–H and O–H groups in total. The predicted molar refractivity (Wildman–Crippen MR) is 102 cm³/mol. The molecule has 1 amide bonds. The number of anilines is 1. The minimum atomic E-state index is -4.93. The van der Waals surface area contributed by atoms with Crippen LogP contribution in [-0.4, -0.2) is 46.3 Å². The number of hydrogen-bond acceptors (Lipinski definition) is 6. The Balaban J connectivity index is 1.82. The van der Waals surface area contributed by atoms with Crippen LogP contribution < -0.4 is 9.64 Å². The van der Waals surface area contributed by atoms with Crippen molar-refractivity contribution in [2.75, 3.05) is 11.5 Å². The van der Waals surface area contributed by atoms with Crippen LogP contribution in [0.4, 0.5) is 28.2 Å². The normalized spacial score (nSPS) is 18.6. The van der Waals surface area contributed by atoms with Gasteiger partial charge in [-0.05, 0) is 24.5 Å². The molecule has 1 aliphatic heterocycles. The first-order valence-electron chi connectivity index (χ1n) is 9.17. The number of amides is 1. The lowest BCUT2D eigenvalue weighted by molar-refractivity contribution is -0.274. The van der Waals surface area contributed by atoms with Crippen LogP contribution in [-0.2, 0) is 11.2 Å². The standard InChI is InChI=1S/C19H18ClF4N3O4/c1-9(12-4-3-11(6-13(12)21)31-19(22,23)24)5-16-25-15(20)7-17(26-16)27-14(10(2)28)8-30-18(27)29/h3-4,6-7,9-10,14,28H,5,8H2,1-2H3/t9-,10-,14-/m1/s1. The van der Waals surface area contributed by atoms with Gasteiger partial charge in [0.1, 0.15) is 41.0 Å². The van der Waals surface area contributed by atoms with E-state index in [0.29, 0.717) is 6.07 Å². The second kappa shape index (κ2) is 8.83. The minimum absolute atomic E-state index is 0.0191. The second-order valence-corrected chi connectivity index (χ2v) is 7.44. The third kappa shape index (κ3) is 5.53. The fourth-order valence-corrected chi connectivity index (χ4v) is 3.40. The molecule has 12 heteroatoms. The highest BCUT2D eigenvalue weighted by Crippen LogP contribution is 2.30. The molecule has 0 aliphatic carbocycles. The molecule has 168 valence electrons. The van der Waals surface area contributed by atoms with Gasteiger partial charge in [0, 0.05) is 18.6 Å². The number of nitrogens with zero attached hydrogens (tertiary/aromatic N) is 3. The van der Waals surface area contributed by atoms with E-state index >= 15 is 0 Å². The van der Waals surface area contributed by atoms with E-state index in [0.717, 1.165) is 11.0 Å². The van der Waals surface area contributed by atoms with E-state index in [1.165, 1.54) is 19.1 Å². The fourth-order valence-electron chi connectivity index (χ4n) is 3.21. The quantitative estimate of drug-likeness (QED) is 0.510. The van der Waals surface area contributed by atoms with Gasteiger partial charge >= 0.3 is 12.5 Å². The SMILES string of the molecule is C[C@H](Cc1nc(Cl)cc(N2C(=O)OC[C@@H]2[C@@H](C)O)n1)c1ccc(OC(F)(F)F)cc1F. The molecule has 31 heavy (non-hydrogen) atoms. The Kier molecular flexibility index (Phi) is 6.56. The van der Waals surface area contributed by atoms with E-state index in [4.69, 9.17) is 16.3 Å². The lowest BCUT2D eigenvalue weighted by Gasteiger charge is -2.23. The van der Waals surface area contributed by atoms with Gasteiger partial charge in [0.25, 0.3) is 0 Å². The largest absolute Gasteiger partial charge is 0.573 e. The molecule has 1 aromatic carbocycles. The molecular weight excluding hydrogens is 446 g/mol. The summed E-state index contributed by atoms with van der Waals surface area (Å²) >= 11 is 6.06. The highest BCUT2D eigenvalue weighted by molar-refractivity contribution is 6.29. The van der Waals surface area contributed by atoms with E-state index in [1.54, 1.807) is 6.92 Å². The Morgan fingerprint density at radius 2 is 2.03 bits per heavy atom. The Labute approximate surface area is 179 Å². The van der Waals surface area contributed by atoms with Crippen LogP contribution in [0.3, 0.4) is 0 Å². The maximum atomic E-state index is 14.4. The van der Waals surface area contributed by atoms with Crippen molar-refractivity contribution in [2.24, 2.45) is 0 Å². The van der Waals surface area contributed by atoms with E-state index in [2.05, 4.69) is 14.7 Å². The second-order valence-electron chi connectivity index (χ2n) is 7.06. The number of halogens is 5. The average molecular weight is 464 g/mol. The molecule has 2 aromatic rings. The first-order chi connectivity index (χ1) is 14.4. The number of rotatable bonds is 6. The van der Waals surface area contributed by atoms with Crippen LogP contribution in [0, 0.1) is 5.82 Å². The zero-order valence-corrected chi connectivity index (χ0v) is 17.1. The fraction of sp³-hybridized carbons (Fsp3) is 0.421. The summed E-state index contributed by atoms with van der Waals surface area (Å²) in [5.74, 6) is -1.80. The molecule has 7 nitrogen and oxygen atoms in total. The lowest BCUT2D eigenvalue weighted by atomic mass is 9.96. The molecule has 1 aliphatic rings. The number of aliphatic hydroxyl groups excluding tert-OH is 1. The molecule has 2 heterocycles. The number of carbonyl (C=O) groups is 1. The lowest BCUT2D eigenvalue weighted by Crippen LogP contribution is -2.41. The van der Waals surface area contributed by atoms with Gasteiger partial charge in [-0.3, -0.25) is 4.90 Å². The number of aromatic nitrogens is 2. The van der Waals surface area contributed by atoms with E-state index in [1.807, 2.05) is 0 Å². The molecular formula is C19H18ClF4N3O4. The Morgan fingerprint density at radius 3 is 2.65 bits per heavy atom. The maximum absolute atomic E-state index is 14.4. The molecule has 0 bridgehead atoms. The Bertz CT molecular complexity index is 974. The van der Waals surface area contributed by atoms with Gasteiger partial charge in [0.15, 0.2) is 0 Å². The Morgan fingerprint density at radius 1 is 1.32 bits per heavy atom. The third-order valence-electron chi connectivity index (χ3n) is 4.66. The molecule has 0 radical (unpaired) electrons. The van der Waals surface area contributed by atoms with Gasteiger partial charge in [-0.15, -0.1) is 13.2 Å². The number of carbonyl (C=O) groups excluding carboxylic acids is 1. The zero-order valence-electron chi connectivity index (χ0n) is 16.4. The summed E-state index contributed by atoms with van der Waals surface area (Å²) in [5.41, 5.74) is 0.127. The summed E-state index contributed by atoms with van der Waals surface area (Å²) in [6.45, 7) is 3.11. The molecule has 1 aromatic heterocycles. The van der Waals surface area contributed by atoms with Crippen LogP contribution in [0.2, 0.25) is 5.15 Å². The molecule has 3 atom stereocenters. The Hall–Kier alpha value is -2.66. The van der Waals surface area contributed by atoms with Crippen molar-refractivity contribution in [2.45, 2.75) is 44.7 Å². The summed E-state index contributed by atoms with van der Waals surface area (Å²) < 4.78 is 59.9. The number of aliphatic hydroxyl groups is 1. The predicted octanol–water partition coefficient (Wildman–Crippen LogP) is 4.22. The van der Waals surface area contributed by atoms with Crippen molar-refractivity contribution in [1.82, 2.24) is 9.97 Å². The number of ether oxygens (including phenoxy) is 2. The van der Waals surface area contributed by atoms with E-state index < -0.39 is 42.1 Å². The van der Waals surface area contributed by atoms with Crippen LogP contribution in [0.25, 0.3) is 0 Å². The zero-order chi connectivity index (χ0) is 22.9. The number of hydrogen-bond donors (Lipinski definition) is 1. The number of alkyl halides is 3. The van der Waals surface area contributed by atoms with E-state index in [9.17, 15) is 27.5 Å². The molecule has 0 unspecified atom stereocenters. The van der Waals surface area contributed by atoms with Crippen molar-refractivity contribution in [1.29, 1.82) is 0 Å². The number of cyclic esters (lactones) is 1. The van der Waals surface area contributed by atoms with Crippen molar-refractivity contribution >= 4 is 23.5 Å². The summed E-state index contributed by atoms with van der Waals surface area (Å²) in [6.07, 6.45) is -6.45. The summed E-state index contributed by atoms with van der Waals surface area (Å²) in [4.78, 5) is 21.6. The van der Waals surface area contributed by atoms with Crippen LogP contribution in [0.15, 0.2) is 24.3 Å². The molecule has 0 saturated carbocycles. The summed E-state index contributed by atoms with van der Waals surface area (Å²) in [5, 5.41) is 9.90. The highest BCUT2D eigenvalue weighted by atomic mass is 35.5. The van der Waals surface area contributed by atoms with Gasteiger partial charge in [-0.2, -0.15) is 0 Å². The van der Waals surface area contributed by atoms with Gasteiger partial charge in [-0.25, -0.2) is 19.2 Å². The van der Waals surface area contributed by atoms with Gasteiger partial charge in [0.2, 0.25) is 0 Å². The molecule has 3 rings (SSSR count). The first-order valence-corrected chi connectivity index (χ1v) is 9.55. The van der Waals surface area contributed by atoms with Gasteiger partial charge < -0.3 is 14.6 Å².